The van der Waals surface area contributed by atoms with E-state index in [-0.39, 0.29) is 0 Å². The molecule has 16 nitrogen and oxygen atoms in total. The lowest BCUT2D eigenvalue weighted by Gasteiger charge is -2.34. The first-order valence-electron chi connectivity index (χ1n) is 6.15. The lowest BCUT2D eigenvalue weighted by molar-refractivity contribution is -0.141. The van der Waals surface area contributed by atoms with Gasteiger partial charge in [0.2, 0.25) is 0 Å². The van der Waals surface area contributed by atoms with E-state index >= 15 is 0 Å². The number of aldehydes is 1. The number of carbonyl (C=O) groups is 1. The van der Waals surface area contributed by atoms with Crippen molar-refractivity contribution >= 4 is 29.8 Å². The van der Waals surface area contributed by atoms with E-state index in [0.29, 0.717) is 0 Å². The molecule has 0 aliphatic rings. The van der Waals surface area contributed by atoms with Crippen LogP contribution in [0.3, 0.4) is 0 Å². The maximum absolute atomic E-state index is 11.0. The molecular weight excluding hydrogens is 433 g/mol. The number of aliphatic hydroxyl groups is 3. The number of phosphoric ester groups is 3. The molecule has 0 aliphatic carbocycles. The number of aliphatic hydroxyl groups excluding tert-OH is 3. The molecule has 0 radical (unpaired) electrons. The van der Waals surface area contributed by atoms with Crippen molar-refractivity contribution in [2.24, 2.45) is 0 Å². The van der Waals surface area contributed by atoms with Gasteiger partial charge in [0, 0.05) is 0 Å². The number of hydrogen-bond donors (Lipinski definition) is 9. The highest BCUT2D eigenvalue weighted by Crippen LogP contribution is 2.47. The smallest absolute Gasteiger partial charge is 0.394 e. The highest BCUT2D eigenvalue weighted by molar-refractivity contribution is 7.47. The van der Waals surface area contributed by atoms with E-state index in [9.17, 15) is 28.7 Å². The number of rotatable bonds is 12. The third-order valence-corrected chi connectivity index (χ3v) is 4.03. The van der Waals surface area contributed by atoms with Crippen LogP contribution >= 0.6 is 23.5 Å². The van der Waals surface area contributed by atoms with Gasteiger partial charge in [-0.15, -0.1) is 0 Å². The summed E-state index contributed by atoms with van der Waals surface area (Å²) in [4.78, 5) is 63.7. The summed E-state index contributed by atoms with van der Waals surface area (Å²) in [6, 6.07) is 0. The molecule has 0 aromatic rings. The number of phosphoric acid groups is 3. The van der Waals surface area contributed by atoms with Crippen molar-refractivity contribution < 1.29 is 76.7 Å². The molecule has 0 rings (SSSR count). The Hall–Kier alpha value is -0.120. The van der Waals surface area contributed by atoms with E-state index in [1.807, 2.05) is 0 Å². The van der Waals surface area contributed by atoms with Crippen molar-refractivity contribution in [3.05, 3.63) is 0 Å². The van der Waals surface area contributed by atoms with E-state index in [1.54, 1.807) is 0 Å². The first-order valence-corrected chi connectivity index (χ1v) is 10.7. The van der Waals surface area contributed by atoms with Crippen LogP contribution in [-0.4, -0.2) is 88.1 Å². The molecule has 0 fully saturated rings. The molecule has 0 heterocycles. The van der Waals surface area contributed by atoms with Crippen molar-refractivity contribution in [3.8, 4) is 0 Å². The van der Waals surface area contributed by atoms with Gasteiger partial charge in [0.05, 0.1) is 6.61 Å². The summed E-state index contributed by atoms with van der Waals surface area (Å²) in [5, 5.41) is 27.9. The highest BCUT2D eigenvalue weighted by Gasteiger charge is 2.47. The first-order chi connectivity index (χ1) is 11.5. The predicted molar refractivity (Wildman–Crippen MR) is 75.9 cm³/mol. The molecule has 0 unspecified atom stereocenters. The molecule has 0 saturated heterocycles. The zero-order valence-electron chi connectivity index (χ0n) is 12.4. The van der Waals surface area contributed by atoms with Gasteiger partial charge in [0.25, 0.3) is 0 Å². The highest BCUT2D eigenvalue weighted by atomic mass is 31.2. The van der Waals surface area contributed by atoms with Crippen LogP contribution in [0.1, 0.15) is 0 Å². The summed E-state index contributed by atoms with van der Waals surface area (Å²) in [5.74, 6) is 0. The maximum Gasteiger partial charge on any atom is 0.470 e. The van der Waals surface area contributed by atoms with Gasteiger partial charge in [-0.2, -0.15) is 0 Å². The quantitative estimate of drug-likeness (QED) is 0.102. The number of carbonyl (C=O) groups excluding carboxylic acids is 1. The Morgan fingerprint density at radius 3 is 1.46 bits per heavy atom. The Morgan fingerprint density at radius 2 is 1.15 bits per heavy atom. The standard InChI is InChI=1S/C7H17O16P3/c8-1-3(10)5(11)7(23-26(18,19)20)6(22-25(15,16)17)4(2-9)21-24(12,13)14/h2-8,10-11H,1H2,(H2,12,13,14)(H2,15,16,17)(H2,18,19,20)/t3-,4+,5+,6+,7-/m1/s1. The molecule has 0 saturated carbocycles. The van der Waals surface area contributed by atoms with Crippen LogP contribution in [0.2, 0.25) is 0 Å². The molecule has 0 bridgehead atoms. The van der Waals surface area contributed by atoms with Crippen LogP contribution in [0.4, 0.5) is 0 Å². The van der Waals surface area contributed by atoms with Gasteiger partial charge in [-0.1, -0.05) is 0 Å². The third-order valence-electron chi connectivity index (χ3n) is 2.48. The van der Waals surface area contributed by atoms with Crippen LogP contribution in [0.5, 0.6) is 0 Å². The molecule has 0 aromatic carbocycles. The Labute approximate surface area is 144 Å². The van der Waals surface area contributed by atoms with E-state index in [2.05, 4.69) is 13.6 Å². The van der Waals surface area contributed by atoms with Gasteiger partial charge >= 0.3 is 23.5 Å². The summed E-state index contributed by atoms with van der Waals surface area (Å²) >= 11 is 0. The van der Waals surface area contributed by atoms with Crippen molar-refractivity contribution in [2.75, 3.05) is 6.61 Å². The first kappa shape index (κ1) is 25.9. The average molecular weight is 450 g/mol. The van der Waals surface area contributed by atoms with E-state index in [1.165, 1.54) is 0 Å². The summed E-state index contributed by atoms with van der Waals surface area (Å²) in [5.41, 5.74) is 0. The van der Waals surface area contributed by atoms with E-state index in [4.69, 9.17) is 34.5 Å². The molecule has 26 heavy (non-hydrogen) atoms. The lowest BCUT2D eigenvalue weighted by atomic mass is 10.00. The molecule has 0 aliphatic heterocycles. The Bertz CT molecular complexity index is 589. The Morgan fingerprint density at radius 1 is 0.769 bits per heavy atom. The summed E-state index contributed by atoms with van der Waals surface area (Å²) < 4.78 is 44.8. The minimum Gasteiger partial charge on any atom is -0.394 e. The zero-order chi connectivity index (χ0) is 20.9. The van der Waals surface area contributed by atoms with E-state index < -0.39 is 66.9 Å². The molecule has 0 spiro atoms. The van der Waals surface area contributed by atoms with Gasteiger partial charge < -0.3 is 49.5 Å². The fraction of sp³-hybridized carbons (Fsp3) is 0.857. The SMILES string of the molecule is O=C[C@H](OP(=O)(O)O)[C@H](OP(=O)(O)O)[C@H](OP(=O)(O)O)[C@@H](O)[C@H](O)CO. The maximum atomic E-state index is 11.0. The van der Waals surface area contributed by atoms with Gasteiger partial charge in [0.15, 0.2) is 12.4 Å². The monoisotopic (exact) mass is 450 g/mol. The molecule has 0 amide bonds. The summed E-state index contributed by atoms with van der Waals surface area (Å²) in [6.07, 6.45) is -13.4. The average Bonchev–Trinajstić information content (AvgIpc) is 2.43. The fourth-order valence-electron chi connectivity index (χ4n) is 1.59. The van der Waals surface area contributed by atoms with Gasteiger partial charge in [0.1, 0.15) is 24.4 Å². The van der Waals surface area contributed by atoms with Crippen LogP contribution in [-0.2, 0) is 32.1 Å². The minimum absolute atomic E-state index is 0.479. The molecular formula is C7H17O16P3. The molecule has 5 atom stereocenters. The number of hydrogen-bond acceptors (Lipinski definition) is 10. The predicted octanol–water partition coefficient (Wildman–Crippen LogP) is -3.67. The van der Waals surface area contributed by atoms with Crippen molar-refractivity contribution in [2.45, 2.75) is 30.5 Å². The summed E-state index contributed by atoms with van der Waals surface area (Å²) in [6.45, 7) is -1.25. The van der Waals surface area contributed by atoms with E-state index in [0.717, 1.165) is 0 Å². The lowest BCUT2D eigenvalue weighted by Crippen LogP contribution is -2.52. The second kappa shape index (κ2) is 9.89. The van der Waals surface area contributed by atoms with Crippen molar-refractivity contribution in [1.29, 1.82) is 0 Å². The van der Waals surface area contributed by atoms with Crippen molar-refractivity contribution in [1.82, 2.24) is 0 Å². The fourth-order valence-corrected chi connectivity index (χ4v) is 3.19. The molecule has 9 N–H and O–H groups in total. The topological polar surface area (TPSA) is 278 Å². The third kappa shape index (κ3) is 10.3. The summed E-state index contributed by atoms with van der Waals surface area (Å²) in [7, 11) is -16.7. The zero-order valence-corrected chi connectivity index (χ0v) is 15.1. The van der Waals surface area contributed by atoms with Crippen molar-refractivity contribution in [3.63, 3.8) is 0 Å². The Balaban J connectivity index is 6.13. The van der Waals surface area contributed by atoms with Crippen LogP contribution in [0.25, 0.3) is 0 Å². The van der Waals surface area contributed by atoms with Crippen LogP contribution in [0.15, 0.2) is 0 Å². The van der Waals surface area contributed by atoms with Gasteiger partial charge in [-0.3, -0.25) is 13.6 Å². The largest absolute Gasteiger partial charge is 0.470 e. The van der Waals surface area contributed by atoms with Crippen LogP contribution < -0.4 is 0 Å². The van der Waals surface area contributed by atoms with Gasteiger partial charge in [-0.05, 0) is 0 Å². The molecule has 156 valence electrons. The second-order valence-electron chi connectivity index (χ2n) is 4.56. The minimum atomic E-state index is -5.63. The second-order valence-corrected chi connectivity index (χ2v) is 8.13. The van der Waals surface area contributed by atoms with Crippen LogP contribution in [0, 0.1) is 0 Å². The molecule has 0 aromatic heterocycles. The Kier molecular flexibility index (Phi) is 9.84. The molecule has 19 heteroatoms. The van der Waals surface area contributed by atoms with Gasteiger partial charge in [-0.25, -0.2) is 13.7 Å². The normalized spacial score (nSPS) is 19.4.